The molecule has 0 unspecified atom stereocenters. The Bertz CT molecular complexity index is 492. The molecule has 1 heterocycles. The molecule has 1 aromatic carbocycles. The van der Waals surface area contributed by atoms with E-state index in [9.17, 15) is 4.79 Å². The fourth-order valence-corrected chi connectivity index (χ4v) is 2.13. The normalized spacial score (nSPS) is 12.9. The molecule has 0 spiro atoms. The molecule has 0 atom stereocenters. The van der Waals surface area contributed by atoms with Crippen LogP contribution >= 0.6 is 0 Å². The van der Waals surface area contributed by atoms with Crippen LogP contribution in [0, 0.1) is 0 Å². The second-order valence-corrected chi connectivity index (χ2v) is 4.63. The molecule has 1 aliphatic heterocycles. The third-order valence-electron chi connectivity index (χ3n) is 3.42. The zero-order chi connectivity index (χ0) is 14.4. The average Bonchev–Trinajstić information content (AvgIpc) is 2.51. The first kappa shape index (κ1) is 14.6. The summed E-state index contributed by atoms with van der Waals surface area (Å²) in [5.41, 5.74) is 1.54. The highest BCUT2D eigenvalue weighted by Gasteiger charge is 2.12. The number of carbonyl (C=O) groups excluding carboxylic acids is 1. The summed E-state index contributed by atoms with van der Waals surface area (Å²) < 4.78 is 10.8. The second kappa shape index (κ2) is 7.10. The second-order valence-electron chi connectivity index (χ2n) is 4.63. The van der Waals surface area contributed by atoms with Gasteiger partial charge in [0.05, 0.1) is 5.56 Å². The summed E-state index contributed by atoms with van der Waals surface area (Å²) in [6, 6.07) is 5.40. The number of hydrogen-bond acceptors (Lipinski definition) is 4. The van der Waals surface area contributed by atoms with Gasteiger partial charge in [0.2, 0.25) is 0 Å². The van der Waals surface area contributed by atoms with E-state index in [2.05, 4.69) is 18.7 Å². The minimum atomic E-state index is -0.293. The van der Waals surface area contributed by atoms with Gasteiger partial charge in [0.1, 0.15) is 19.0 Å². The quantitative estimate of drug-likeness (QED) is 0.748. The first-order valence-corrected chi connectivity index (χ1v) is 7.07. The summed E-state index contributed by atoms with van der Waals surface area (Å²) in [7, 11) is 0. The van der Waals surface area contributed by atoms with Crippen LogP contribution in [0.5, 0.6) is 5.75 Å². The fourth-order valence-electron chi connectivity index (χ4n) is 2.13. The molecule has 20 heavy (non-hydrogen) atoms. The zero-order valence-corrected chi connectivity index (χ0v) is 12.1. The number of esters is 1. The third kappa shape index (κ3) is 3.61. The van der Waals surface area contributed by atoms with Crippen LogP contribution in [-0.4, -0.2) is 43.7 Å². The monoisotopic (exact) mass is 275 g/mol. The van der Waals surface area contributed by atoms with E-state index in [1.165, 1.54) is 0 Å². The van der Waals surface area contributed by atoms with Gasteiger partial charge >= 0.3 is 5.97 Å². The Hall–Kier alpha value is -1.81. The topological polar surface area (TPSA) is 38.8 Å². The van der Waals surface area contributed by atoms with Gasteiger partial charge in [-0.25, -0.2) is 4.79 Å². The van der Waals surface area contributed by atoms with Crippen LogP contribution in [0.4, 0.5) is 0 Å². The van der Waals surface area contributed by atoms with Gasteiger partial charge in [-0.1, -0.05) is 26.0 Å². The predicted molar refractivity (Wildman–Crippen MR) is 79.0 cm³/mol. The molecule has 0 saturated carbocycles. The van der Waals surface area contributed by atoms with E-state index in [0.29, 0.717) is 18.8 Å². The Morgan fingerprint density at radius 3 is 2.90 bits per heavy atom. The number of fused-ring (bicyclic) bond motifs is 1. The number of rotatable bonds is 6. The van der Waals surface area contributed by atoms with Crippen LogP contribution in [0.3, 0.4) is 0 Å². The molecule has 108 valence electrons. The number of ether oxygens (including phenoxy) is 2. The molecule has 4 heteroatoms. The van der Waals surface area contributed by atoms with Crippen LogP contribution in [0.2, 0.25) is 0 Å². The highest BCUT2D eigenvalue weighted by Crippen LogP contribution is 2.25. The van der Waals surface area contributed by atoms with Gasteiger partial charge in [-0.15, -0.1) is 0 Å². The molecule has 2 rings (SSSR count). The largest absolute Gasteiger partial charge is 0.489 e. The number of likely N-dealkylation sites (N-methyl/N-ethyl adjacent to an activating group) is 1. The van der Waals surface area contributed by atoms with Crippen molar-refractivity contribution >= 4 is 12.0 Å². The van der Waals surface area contributed by atoms with E-state index in [-0.39, 0.29) is 5.97 Å². The van der Waals surface area contributed by atoms with Gasteiger partial charge in [0, 0.05) is 12.1 Å². The van der Waals surface area contributed by atoms with E-state index >= 15 is 0 Å². The van der Waals surface area contributed by atoms with E-state index in [4.69, 9.17) is 9.47 Å². The molecule has 0 aromatic heterocycles. The molecule has 0 aliphatic carbocycles. The van der Waals surface area contributed by atoms with Crippen LogP contribution in [-0.2, 0) is 4.74 Å². The SMILES string of the molecule is CCN(CC)CCOC(=O)c1ccc2c(c1)OCC=C2. The molecule has 1 aliphatic rings. The standard InChI is InChI=1S/C16H21NO3/c1-3-17(4-2)9-11-20-16(18)14-8-7-13-6-5-10-19-15(13)12-14/h5-8,12H,3-4,9-11H2,1-2H3. The summed E-state index contributed by atoms with van der Waals surface area (Å²) in [6.07, 6.45) is 3.94. The van der Waals surface area contributed by atoms with Crippen LogP contribution in [0.15, 0.2) is 24.3 Å². The average molecular weight is 275 g/mol. The fraction of sp³-hybridized carbons (Fsp3) is 0.438. The summed E-state index contributed by atoms with van der Waals surface area (Å²) in [5, 5.41) is 0. The number of hydrogen-bond donors (Lipinski definition) is 0. The van der Waals surface area contributed by atoms with Crippen molar-refractivity contribution in [3.8, 4) is 5.75 Å². The van der Waals surface area contributed by atoms with Gasteiger partial charge in [0.25, 0.3) is 0 Å². The minimum Gasteiger partial charge on any atom is -0.489 e. The molecule has 1 aromatic rings. The Morgan fingerprint density at radius 1 is 1.35 bits per heavy atom. The number of benzene rings is 1. The zero-order valence-electron chi connectivity index (χ0n) is 12.1. The maximum absolute atomic E-state index is 12.0. The summed E-state index contributed by atoms with van der Waals surface area (Å²) in [4.78, 5) is 14.2. The van der Waals surface area contributed by atoms with Crippen molar-refractivity contribution in [1.82, 2.24) is 4.90 Å². The minimum absolute atomic E-state index is 0.293. The smallest absolute Gasteiger partial charge is 0.338 e. The third-order valence-corrected chi connectivity index (χ3v) is 3.42. The molecule has 0 amide bonds. The molecule has 4 nitrogen and oxygen atoms in total. The maximum Gasteiger partial charge on any atom is 0.338 e. The van der Waals surface area contributed by atoms with Gasteiger partial charge in [0.15, 0.2) is 0 Å². The van der Waals surface area contributed by atoms with Gasteiger partial charge < -0.3 is 14.4 Å². The van der Waals surface area contributed by atoms with Crippen LogP contribution in [0.1, 0.15) is 29.8 Å². The first-order valence-electron chi connectivity index (χ1n) is 7.07. The Kier molecular flexibility index (Phi) is 5.18. The lowest BCUT2D eigenvalue weighted by Gasteiger charge is -2.17. The highest BCUT2D eigenvalue weighted by molar-refractivity contribution is 5.90. The summed E-state index contributed by atoms with van der Waals surface area (Å²) in [5.74, 6) is 0.448. The van der Waals surface area contributed by atoms with Crippen molar-refractivity contribution < 1.29 is 14.3 Å². The van der Waals surface area contributed by atoms with Crippen molar-refractivity contribution in [2.24, 2.45) is 0 Å². The van der Waals surface area contributed by atoms with E-state index in [0.717, 1.165) is 30.9 Å². The van der Waals surface area contributed by atoms with Crippen LogP contribution in [0.25, 0.3) is 6.08 Å². The van der Waals surface area contributed by atoms with E-state index in [1.807, 2.05) is 18.2 Å². The summed E-state index contributed by atoms with van der Waals surface area (Å²) in [6.45, 7) is 7.86. The molecular weight excluding hydrogens is 254 g/mol. The number of nitrogens with zero attached hydrogens (tertiary/aromatic N) is 1. The lowest BCUT2D eigenvalue weighted by Crippen LogP contribution is -2.27. The Morgan fingerprint density at radius 2 is 2.15 bits per heavy atom. The first-order chi connectivity index (χ1) is 9.74. The molecule has 0 saturated heterocycles. The molecule has 0 bridgehead atoms. The van der Waals surface area contributed by atoms with E-state index in [1.54, 1.807) is 12.1 Å². The lowest BCUT2D eigenvalue weighted by atomic mass is 10.1. The highest BCUT2D eigenvalue weighted by atomic mass is 16.5. The van der Waals surface area contributed by atoms with Crippen molar-refractivity contribution in [3.05, 3.63) is 35.4 Å². The predicted octanol–water partition coefficient (Wildman–Crippen LogP) is 2.59. The van der Waals surface area contributed by atoms with Crippen molar-refractivity contribution in [1.29, 1.82) is 0 Å². The molecule has 0 fully saturated rings. The van der Waals surface area contributed by atoms with Crippen molar-refractivity contribution in [2.45, 2.75) is 13.8 Å². The summed E-state index contributed by atoms with van der Waals surface area (Å²) >= 11 is 0. The van der Waals surface area contributed by atoms with E-state index < -0.39 is 0 Å². The Labute approximate surface area is 120 Å². The maximum atomic E-state index is 12.0. The molecule has 0 N–H and O–H groups in total. The Balaban J connectivity index is 1.91. The van der Waals surface area contributed by atoms with Gasteiger partial charge in [-0.2, -0.15) is 0 Å². The lowest BCUT2D eigenvalue weighted by molar-refractivity contribution is 0.0466. The van der Waals surface area contributed by atoms with Gasteiger partial charge in [-0.3, -0.25) is 0 Å². The molecular formula is C16H21NO3. The molecule has 0 radical (unpaired) electrons. The van der Waals surface area contributed by atoms with Gasteiger partial charge in [-0.05, 0) is 31.3 Å². The van der Waals surface area contributed by atoms with Crippen molar-refractivity contribution in [3.63, 3.8) is 0 Å². The van der Waals surface area contributed by atoms with Crippen molar-refractivity contribution in [2.75, 3.05) is 32.8 Å². The van der Waals surface area contributed by atoms with Crippen LogP contribution < -0.4 is 4.74 Å². The number of carbonyl (C=O) groups is 1.